The van der Waals surface area contributed by atoms with Crippen LogP contribution in [0.2, 0.25) is 0 Å². The Balaban J connectivity index is 1.49. The molecule has 0 bridgehead atoms. The van der Waals surface area contributed by atoms with Crippen molar-refractivity contribution in [2.75, 3.05) is 26.8 Å². The fourth-order valence-corrected chi connectivity index (χ4v) is 4.21. The van der Waals surface area contributed by atoms with Crippen LogP contribution in [0.5, 0.6) is 11.5 Å². The second kappa shape index (κ2) is 8.19. The molecule has 1 saturated carbocycles. The van der Waals surface area contributed by atoms with Gasteiger partial charge in [0.25, 0.3) is 0 Å². The Bertz CT molecular complexity index is 706. The van der Waals surface area contributed by atoms with Crippen LogP contribution in [0.15, 0.2) is 23.4 Å². The van der Waals surface area contributed by atoms with Gasteiger partial charge in [-0.3, -0.25) is 4.79 Å². The van der Waals surface area contributed by atoms with Gasteiger partial charge in [0, 0.05) is 25.1 Å². The van der Waals surface area contributed by atoms with E-state index in [4.69, 9.17) is 14.3 Å². The minimum atomic E-state index is -0.00849. The highest BCUT2D eigenvalue weighted by Gasteiger charge is 2.30. The molecule has 146 valence electrons. The molecule has 0 unspecified atom stereocenters. The van der Waals surface area contributed by atoms with Crippen molar-refractivity contribution in [3.63, 3.8) is 0 Å². The molecular formula is C21H28N2O4. The maximum absolute atomic E-state index is 12.5. The number of amides is 1. The van der Waals surface area contributed by atoms with Crippen LogP contribution in [0.25, 0.3) is 0 Å². The summed E-state index contributed by atoms with van der Waals surface area (Å²) in [5.41, 5.74) is 1.78. The molecule has 1 saturated heterocycles. The van der Waals surface area contributed by atoms with E-state index in [0.717, 1.165) is 61.5 Å². The fourth-order valence-electron chi connectivity index (χ4n) is 4.21. The summed E-state index contributed by atoms with van der Waals surface area (Å²) in [5, 5.41) is 4.25. The minimum Gasteiger partial charge on any atom is -0.493 e. The summed E-state index contributed by atoms with van der Waals surface area (Å²) in [4.78, 5) is 19.9. The molecule has 1 atom stereocenters. The molecular weight excluding hydrogens is 344 g/mol. The van der Waals surface area contributed by atoms with Gasteiger partial charge in [0.2, 0.25) is 5.91 Å². The first-order valence-corrected chi connectivity index (χ1v) is 10.1. The third-order valence-corrected chi connectivity index (χ3v) is 5.76. The second-order valence-corrected chi connectivity index (χ2v) is 7.65. The van der Waals surface area contributed by atoms with Crippen molar-refractivity contribution in [1.82, 2.24) is 4.90 Å². The van der Waals surface area contributed by atoms with Gasteiger partial charge in [-0.25, -0.2) is 0 Å². The number of nitrogens with zero attached hydrogens (tertiary/aromatic N) is 2. The predicted molar refractivity (Wildman–Crippen MR) is 102 cm³/mol. The molecule has 0 aromatic heterocycles. The predicted octanol–water partition coefficient (Wildman–Crippen LogP) is 3.38. The zero-order valence-electron chi connectivity index (χ0n) is 16.0. The van der Waals surface area contributed by atoms with Crippen molar-refractivity contribution >= 4 is 11.6 Å². The molecule has 0 spiro atoms. The number of hydrogen-bond acceptors (Lipinski definition) is 5. The van der Waals surface area contributed by atoms with Gasteiger partial charge in [-0.2, -0.15) is 0 Å². The number of carbonyl (C=O) groups excluding carboxylic acids is 1. The Hall–Kier alpha value is -2.24. The number of methoxy groups -OCH3 is 1. The standard InChI is InChI=1S/C21H28N2O4/c1-25-18-9-8-15(12-19(18)27-17-6-2-3-7-17)21-16(14-26-22-21)13-20(24)23-10-4-5-11-23/h8-9,12,16-17H,2-7,10-11,13-14H2,1H3/t16-/m1/s1. The fraction of sp³-hybridized carbons (Fsp3) is 0.619. The molecule has 0 radical (unpaired) electrons. The van der Waals surface area contributed by atoms with E-state index in [-0.39, 0.29) is 17.9 Å². The maximum Gasteiger partial charge on any atom is 0.223 e. The van der Waals surface area contributed by atoms with Crippen molar-refractivity contribution in [1.29, 1.82) is 0 Å². The van der Waals surface area contributed by atoms with Crippen LogP contribution < -0.4 is 9.47 Å². The van der Waals surface area contributed by atoms with Gasteiger partial charge in [-0.15, -0.1) is 0 Å². The molecule has 27 heavy (non-hydrogen) atoms. The molecule has 4 rings (SSSR count). The quantitative estimate of drug-likeness (QED) is 0.768. The Morgan fingerprint density at radius 2 is 1.96 bits per heavy atom. The van der Waals surface area contributed by atoms with E-state index in [2.05, 4.69) is 5.16 Å². The molecule has 3 aliphatic rings. The number of likely N-dealkylation sites (tertiary alicyclic amines) is 1. The van der Waals surface area contributed by atoms with Crippen molar-refractivity contribution in [3.8, 4) is 11.5 Å². The third-order valence-electron chi connectivity index (χ3n) is 5.76. The molecule has 6 heteroatoms. The van der Waals surface area contributed by atoms with Gasteiger partial charge in [0.05, 0.1) is 24.8 Å². The Morgan fingerprint density at radius 1 is 1.19 bits per heavy atom. The monoisotopic (exact) mass is 372 g/mol. The van der Waals surface area contributed by atoms with Gasteiger partial charge in [-0.1, -0.05) is 5.16 Å². The Labute approximate surface area is 160 Å². The van der Waals surface area contributed by atoms with Gasteiger partial charge in [-0.05, 0) is 56.7 Å². The van der Waals surface area contributed by atoms with Crippen molar-refractivity contribution in [2.45, 2.75) is 51.0 Å². The van der Waals surface area contributed by atoms with E-state index >= 15 is 0 Å². The van der Waals surface area contributed by atoms with E-state index in [1.165, 1.54) is 12.8 Å². The average Bonchev–Trinajstić information content (AvgIpc) is 3.44. The topological polar surface area (TPSA) is 60.4 Å². The van der Waals surface area contributed by atoms with E-state index in [9.17, 15) is 4.79 Å². The number of rotatable bonds is 6. The third kappa shape index (κ3) is 4.04. The number of ether oxygens (including phenoxy) is 2. The molecule has 1 aromatic carbocycles. The van der Waals surface area contributed by atoms with E-state index in [1.54, 1.807) is 7.11 Å². The lowest BCUT2D eigenvalue weighted by atomic mass is 9.94. The number of benzene rings is 1. The van der Waals surface area contributed by atoms with Crippen LogP contribution in [-0.2, 0) is 9.63 Å². The summed E-state index contributed by atoms with van der Waals surface area (Å²) in [6, 6.07) is 5.87. The lowest BCUT2D eigenvalue weighted by Crippen LogP contribution is -2.31. The molecule has 0 N–H and O–H groups in total. The van der Waals surface area contributed by atoms with Gasteiger partial charge >= 0.3 is 0 Å². The average molecular weight is 372 g/mol. The highest BCUT2D eigenvalue weighted by atomic mass is 16.6. The van der Waals surface area contributed by atoms with E-state index in [1.807, 2.05) is 23.1 Å². The molecule has 1 aliphatic carbocycles. The Morgan fingerprint density at radius 3 is 2.70 bits per heavy atom. The summed E-state index contributed by atoms with van der Waals surface area (Å²) >= 11 is 0. The van der Waals surface area contributed by atoms with Crippen LogP contribution in [0.4, 0.5) is 0 Å². The van der Waals surface area contributed by atoms with E-state index in [0.29, 0.717) is 13.0 Å². The second-order valence-electron chi connectivity index (χ2n) is 7.65. The summed E-state index contributed by atoms with van der Waals surface area (Å²) in [5.74, 6) is 1.67. The first-order chi connectivity index (χ1) is 13.2. The Kier molecular flexibility index (Phi) is 5.50. The highest BCUT2D eigenvalue weighted by Crippen LogP contribution is 2.34. The van der Waals surface area contributed by atoms with E-state index < -0.39 is 0 Å². The number of oxime groups is 1. The normalized spacial score (nSPS) is 22.6. The number of hydrogen-bond donors (Lipinski definition) is 0. The van der Waals surface area contributed by atoms with Gasteiger partial charge in [0.1, 0.15) is 6.61 Å². The lowest BCUT2D eigenvalue weighted by Gasteiger charge is -2.19. The summed E-state index contributed by atoms with van der Waals surface area (Å²) in [7, 11) is 1.66. The molecule has 6 nitrogen and oxygen atoms in total. The molecule has 2 heterocycles. The van der Waals surface area contributed by atoms with Crippen LogP contribution in [-0.4, -0.2) is 49.4 Å². The SMILES string of the molecule is COc1ccc(C2=NOC[C@H]2CC(=O)N2CCCC2)cc1OC1CCCC1. The van der Waals surface area contributed by atoms with Gasteiger partial charge in [0.15, 0.2) is 11.5 Å². The van der Waals surface area contributed by atoms with Crippen LogP contribution in [0.3, 0.4) is 0 Å². The van der Waals surface area contributed by atoms with Crippen LogP contribution in [0.1, 0.15) is 50.5 Å². The molecule has 1 aromatic rings. The largest absolute Gasteiger partial charge is 0.493 e. The van der Waals surface area contributed by atoms with Crippen LogP contribution >= 0.6 is 0 Å². The zero-order valence-corrected chi connectivity index (χ0v) is 16.0. The summed E-state index contributed by atoms with van der Waals surface area (Å²) in [6.45, 7) is 2.21. The summed E-state index contributed by atoms with van der Waals surface area (Å²) < 4.78 is 11.7. The van der Waals surface area contributed by atoms with Crippen molar-refractivity contribution in [2.24, 2.45) is 11.1 Å². The molecule has 1 amide bonds. The van der Waals surface area contributed by atoms with Gasteiger partial charge < -0.3 is 19.2 Å². The maximum atomic E-state index is 12.5. The smallest absolute Gasteiger partial charge is 0.223 e. The number of carbonyl (C=O) groups is 1. The lowest BCUT2D eigenvalue weighted by molar-refractivity contribution is -0.130. The summed E-state index contributed by atoms with van der Waals surface area (Å²) in [6.07, 6.45) is 7.52. The zero-order chi connectivity index (χ0) is 18.6. The first-order valence-electron chi connectivity index (χ1n) is 10.1. The highest BCUT2D eigenvalue weighted by molar-refractivity contribution is 6.04. The van der Waals surface area contributed by atoms with Crippen LogP contribution in [0, 0.1) is 5.92 Å². The van der Waals surface area contributed by atoms with Crippen molar-refractivity contribution < 1.29 is 19.1 Å². The first kappa shape index (κ1) is 18.1. The molecule has 2 aliphatic heterocycles. The minimum absolute atomic E-state index is 0.00849. The molecule has 2 fully saturated rings. The van der Waals surface area contributed by atoms with Crippen molar-refractivity contribution in [3.05, 3.63) is 23.8 Å².